The van der Waals surface area contributed by atoms with Gasteiger partial charge in [0.1, 0.15) is 4.90 Å². The van der Waals surface area contributed by atoms with Crippen molar-refractivity contribution in [1.29, 1.82) is 0 Å². The van der Waals surface area contributed by atoms with Crippen molar-refractivity contribution >= 4 is 50.1 Å². The summed E-state index contributed by atoms with van der Waals surface area (Å²) in [7, 11) is -4.09. The van der Waals surface area contributed by atoms with Crippen molar-refractivity contribution in [2.75, 3.05) is 11.3 Å². The SMILES string of the molecule is O=S(=O)(Nc1nc2ccccc2nc1OCCc1cccnc1)c1cccc(Cl)c1Cl. The molecule has 4 aromatic rings. The van der Waals surface area contributed by atoms with Gasteiger partial charge in [0.2, 0.25) is 5.82 Å². The average molecular weight is 475 g/mol. The van der Waals surface area contributed by atoms with Crippen LogP contribution in [-0.4, -0.2) is 30.0 Å². The van der Waals surface area contributed by atoms with Crippen LogP contribution in [0.1, 0.15) is 5.56 Å². The lowest BCUT2D eigenvalue weighted by Crippen LogP contribution is -2.16. The first-order valence-corrected chi connectivity index (χ1v) is 11.4. The average Bonchev–Trinajstić information content (AvgIpc) is 2.76. The normalized spacial score (nSPS) is 11.4. The summed E-state index contributed by atoms with van der Waals surface area (Å²) in [5, 5.41) is 0.0477. The van der Waals surface area contributed by atoms with Crippen molar-refractivity contribution < 1.29 is 13.2 Å². The molecule has 2 aromatic carbocycles. The first-order chi connectivity index (χ1) is 14.9. The van der Waals surface area contributed by atoms with E-state index in [9.17, 15) is 8.42 Å². The number of anilines is 1. The molecule has 31 heavy (non-hydrogen) atoms. The van der Waals surface area contributed by atoms with Gasteiger partial charge in [-0.15, -0.1) is 0 Å². The van der Waals surface area contributed by atoms with Crippen LogP contribution in [0.3, 0.4) is 0 Å². The van der Waals surface area contributed by atoms with E-state index in [4.69, 9.17) is 27.9 Å². The number of sulfonamides is 1. The molecule has 0 aliphatic heterocycles. The van der Waals surface area contributed by atoms with E-state index in [1.165, 1.54) is 18.2 Å². The van der Waals surface area contributed by atoms with Gasteiger partial charge < -0.3 is 4.74 Å². The lowest BCUT2D eigenvalue weighted by atomic mass is 10.2. The van der Waals surface area contributed by atoms with Crippen molar-refractivity contribution in [3.05, 3.63) is 82.6 Å². The number of nitrogens with one attached hydrogen (secondary N) is 1. The number of benzene rings is 2. The van der Waals surface area contributed by atoms with Crippen LogP contribution in [0.25, 0.3) is 11.0 Å². The van der Waals surface area contributed by atoms with Gasteiger partial charge in [0, 0.05) is 18.8 Å². The highest BCUT2D eigenvalue weighted by Crippen LogP contribution is 2.32. The molecule has 0 bridgehead atoms. The van der Waals surface area contributed by atoms with Crippen LogP contribution in [-0.2, 0) is 16.4 Å². The summed E-state index contributed by atoms with van der Waals surface area (Å²) >= 11 is 12.1. The van der Waals surface area contributed by atoms with Gasteiger partial charge in [-0.3, -0.25) is 9.71 Å². The quantitative estimate of drug-likeness (QED) is 0.415. The first kappa shape index (κ1) is 21.3. The Morgan fingerprint density at radius 2 is 1.71 bits per heavy atom. The van der Waals surface area contributed by atoms with Crippen LogP contribution in [0.2, 0.25) is 10.0 Å². The minimum absolute atomic E-state index is 0.0408. The minimum atomic E-state index is -4.09. The summed E-state index contributed by atoms with van der Waals surface area (Å²) in [6, 6.07) is 15.2. The van der Waals surface area contributed by atoms with Gasteiger partial charge in [-0.25, -0.2) is 18.4 Å². The fourth-order valence-corrected chi connectivity index (χ4v) is 4.60. The second-order valence-corrected chi connectivity index (χ2v) is 8.92. The number of para-hydroxylation sites is 2. The van der Waals surface area contributed by atoms with E-state index in [-0.39, 0.29) is 33.2 Å². The molecule has 0 aliphatic rings. The topological polar surface area (TPSA) is 94.1 Å². The number of fused-ring (bicyclic) bond motifs is 1. The second kappa shape index (κ2) is 9.05. The van der Waals surface area contributed by atoms with Crippen molar-refractivity contribution in [2.45, 2.75) is 11.3 Å². The van der Waals surface area contributed by atoms with Gasteiger partial charge in [0.05, 0.1) is 27.7 Å². The highest BCUT2D eigenvalue weighted by molar-refractivity contribution is 7.92. The monoisotopic (exact) mass is 474 g/mol. The standard InChI is InChI=1S/C21H16Cl2N4O3S/c22-15-6-3-9-18(19(15)23)31(28,29)27-20-21(26-17-8-2-1-7-16(17)25-20)30-12-10-14-5-4-11-24-13-14/h1-9,11,13H,10,12H2,(H,25,27). The Labute approximate surface area is 189 Å². The van der Waals surface area contributed by atoms with E-state index in [1.54, 1.807) is 30.6 Å². The Hall–Kier alpha value is -2.94. The van der Waals surface area contributed by atoms with Gasteiger partial charge in [0.15, 0.2) is 0 Å². The molecule has 0 aliphatic carbocycles. The Kier molecular flexibility index (Phi) is 6.22. The maximum Gasteiger partial charge on any atom is 0.264 e. The smallest absolute Gasteiger partial charge is 0.264 e. The molecule has 7 nitrogen and oxygen atoms in total. The van der Waals surface area contributed by atoms with Crippen LogP contribution < -0.4 is 9.46 Å². The number of halogens is 2. The van der Waals surface area contributed by atoms with Crippen LogP contribution in [0.15, 0.2) is 71.9 Å². The van der Waals surface area contributed by atoms with Crippen LogP contribution >= 0.6 is 23.2 Å². The van der Waals surface area contributed by atoms with Gasteiger partial charge >= 0.3 is 0 Å². The third-order valence-electron chi connectivity index (χ3n) is 4.33. The first-order valence-electron chi connectivity index (χ1n) is 9.19. The third-order valence-corrected chi connectivity index (χ3v) is 6.64. The highest BCUT2D eigenvalue weighted by atomic mass is 35.5. The number of hydrogen-bond donors (Lipinski definition) is 1. The van der Waals surface area contributed by atoms with Crippen molar-refractivity contribution in [2.24, 2.45) is 0 Å². The maximum absolute atomic E-state index is 13.0. The van der Waals surface area contributed by atoms with Gasteiger partial charge in [-0.05, 0) is 35.9 Å². The second-order valence-electron chi connectivity index (χ2n) is 6.48. The number of aromatic nitrogens is 3. The zero-order valence-corrected chi connectivity index (χ0v) is 18.3. The summed E-state index contributed by atoms with van der Waals surface area (Å²) in [6.45, 7) is 0.255. The molecule has 0 saturated heterocycles. The van der Waals surface area contributed by atoms with Crippen molar-refractivity contribution in [3.8, 4) is 5.88 Å². The highest BCUT2D eigenvalue weighted by Gasteiger charge is 2.23. The molecule has 0 saturated carbocycles. The molecule has 10 heteroatoms. The summed E-state index contributed by atoms with van der Waals surface area (Å²) in [5.74, 6) is 0.0187. The molecule has 2 heterocycles. The third kappa shape index (κ3) is 4.87. The van der Waals surface area contributed by atoms with Crippen molar-refractivity contribution in [3.63, 3.8) is 0 Å². The van der Waals surface area contributed by atoms with E-state index in [1.807, 2.05) is 18.2 Å². The molecule has 1 N–H and O–H groups in total. The van der Waals surface area contributed by atoms with E-state index in [0.717, 1.165) is 5.56 Å². The lowest BCUT2D eigenvalue weighted by molar-refractivity contribution is 0.311. The van der Waals surface area contributed by atoms with Crippen molar-refractivity contribution in [1.82, 2.24) is 15.0 Å². The fraction of sp³-hybridized carbons (Fsp3) is 0.0952. The van der Waals surface area contributed by atoms with E-state index < -0.39 is 10.0 Å². The molecule has 2 aromatic heterocycles. The van der Waals surface area contributed by atoms with Gasteiger partial charge in [0.25, 0.3) is 15.9 Å². The zero-order chi connectivity index (χ0) is 21.8. The van der Waals surface area contributed by atoms with Crippen LogP contribution in [0, 0.1) is 0 Å². The molecule has 0 spiro atoms. The molecule has 0 fully saturated rings. The Morgan fingerprint density at radius 3 is 2.45 bits per heavy atom. The zero-order valence-electron chi connectivity index (χ0n) is 16.0. The molecule has 0 amide bonds. The number of rotatable bonds is 7. The Bertz CT molecular complexity index is 1340. The van der Waals surface area contributed by atoms with Crippen LogP contribution in [0.4, 0.5) is 5.82 Å². The summed E-state index contributed by atoms with van der Waals surface area (Å²) in [4.78, 5) is 12.7. The van der Waals surface area contributed by atoms with E-state index in [0.29, 0.717) is 17.5 Å². The summed E-state index contributed by atoms with van der Waals surface area (Å²) in [6.07, 6.45) is 3.99. The Morgan fingerprint density at radius 1 is 0.935 bits per heavy atom. The predicted octanol–water partition coefficient (Wildman–Crippen LogP) is 4.75. The summed E-state index contributed by atoms with van der Waals surface area (Å²) < 4.78 is 34.2. The maximum atomic E-state index is 13.0. The molecule has 158 valence electrons. The van der Waals surface area contributed by atoms with E-state index >= 15 is 0 Å². The molecular weight excluding hydrogens is 459 g/mol. The molecular formula is C21H16Cl2N4O3S. The molecule has 4 rings (SSSR count). The van der Waals surface area contributed by atoms with Crippen LogP contribution in [0.5, 0.6) is 5.88 Å². The number of ether oxygens (including phenoxy) is 1. The number of nitrogens with zero attached hydrogens (tertiary/aromatic N) is 3. The number of hydrogen-bond acceptors (Lipinski definition) is 6. The molecule has 0 unspecified atom stereocenters. The van der Waals surface area contributed by atoms with Gasteiger partial charge in [-0.2, -0.15) is 0 Å². The lowest BCUT2D eigenvalue weighted by Gasteiger charge is -2.14. The molecule has 0 atom stereocenters. The Balaban J connectivity index is 1.66. The summed E-state index contributed by atoms with van der Waals surface area (Å²) in [5.41, 5.74) is 2.06. The minimum Gasteiger partial charge on any atom is -0.475 e. The fourth-order valence-electron chi connectivity index (χ4n) is 2.84. The molecule has 0 radical (unpaired) electrons. The van der Waals surface area contributed by atoms with E-state index in [2.05, 4.69) is 19.7 Å². The number of pyridine rings is 1. The largest absolute Gasteiger partial charge is 0.475 e. The predicted molar refractivity (Wildman–Crippen MR) is 120 cm³/mol. The van der Waals surface area contributed by atoms with Gasteiger partial charge in [-0.1, -0.05) is 47.5 Å².